The molecule has 2 rings (SSSR count). The predicted molar refractivity (Wildman–Crippen MR) is 52.6 cm³/mol. The first-order chi connectivity index (χ1) is 7.11. The van der Waals surface area contributed by atoms with Crippen LogP contribution < -0.4 is 5.32 Å². The Bertz CT molecular complexity index is 454. The fourth-order valence-electron chi connectivity index (χ4n) is 1.64. The van der Waals surface area contributed by atoms with Crippen molar-refractivity contribution in [2.45, 2.75) is 13.0 Å². The second-order valence-electron chi connectivity index (χ2n) is 3.46. The topological polar surface area (TPSA) is 49.3 Å². The minimum atomic E-state index is -0.557. The van der Waals surface area contributed by atoms with Crippen LogP contribution in [0.3, 0.4) is 0 Å². The molecule has 0 aliphatic carbocycles. The van der Waals surface area contributed by atoms with E-state index >= 15 is 0 Å². The molecule has 15 heavy (non-hydrogen) atoms. The number of benzene rings is 1. The average molecular weight is 207 g/mol. The SMILES string of the molecule is CC1=C(O)C(=O)NC1c1ccccc1F. The molecule has 1 amide bonds. The van der Waals surface area contributed by atoms with Crippen molar-refractivity contribution in [3.63, 3.8) is 0 Å². The van der Waals surface area contributed by atoms with Crippen molar-refractivity contribution >= 4 is 5.91 Å². The number of rotatable bonds is 1. The van der Waals surface area contributed by atoms with Crippen molar-refractivity contribution < 1.29 is 14.3 Å². The van der Waals surface area contributed by atoms with Crippen molar-refractivity contribution in [3.05, 3.63) is 47.0 Å². The fourth-order valence-corrected chi connectivity index (χ4v) is 1.64. The van der Waals surface area contributed by atoms with Gasteiger partial charge in [0.05, 0.1) is 6.04 Å². The summed E-state index contributed by atoms with van der Waals surface area (Å²) in [7, 11) is 0. The maximum absolute atomic E-state index is 13.4. The molecular weight excluding hydrogens is 197 g/mol. The summed E-state index contributed by atoms with van der Waals surface area (Å²) in [5, 5.41) is 11.8. The van der Waals surface area contributed by atoms with Gasteiger partial charge in [0, 0.05) is 11.1 Å². The number of carbonyl (C=O) groups is 1. The summed E-state index contributed by atoms with van der Waals surface area (Å²) in [6.07, 6.45) is 0. The minimum absolute atomic E-state index is 0.316. The number of halogens is 1. The molecule has 1 atom stereocenters. The molecule has 0 saturated carbocycles. The van der Waals surface area contributed by atoms with Gasteiger partial charge in [0.25, 0.3) is 5.91 Å². The molecule has 0 aromatic heterocycles. The summed E-state index contributed by atoms with van der Waals surface area (Å²) < 4.78 is 13.4. The molecule has 1 heterocycles. The van der Waals surface area contributed by atoms with Gasteiger partial charge in [-0.3, -0.25) is 4.79 Å². The zero-order valence-corrected chi connectivity index (χ0v) is 8.12. The number of aliphatic hydroxyl groups excluding tert-OH is 1. The lowest BCUT2D eigenvalue weighted by atomic mass is 10.0. The van der Waals surface area contributed by atoms with Gasteiger partial charge in [-0.25, -0.2) is 4.39 Å². The predicted octanol–water partition coefficient (Wildman–Crippen LogP) is 1.83. The molecular formula is C11H10FNO2. The number of hydrogen-bond donors (Lipinski definition) is 2. The van der Waals surface area contributed by atoms with E-state index in [0.29, 0.717) is 11.1 Å². The smallest absolute Gasteiger partial charge is 0.286 e. The second kappa shape index (κ2) is 3.38. The standard InChI is InChI=1S/C11H10FNO2/c1-6-9(13-11(15)10(6)14)7-4-2-3-5-8(7)12/h2-5,9,14H,1H3,(H,13,15). The molecule has 1 aliphatic rings. The summed E-state index contributed by atoms with van der Waals surface area (Å²) in [4.78, 5) is 11.1. The van der Waals surface area contributed by atoms with Gasteiger partial charge in [0.2, 0.25) is 0 Å². The molecule has 0 spiro atoms. The maximum atomic E-state index is 13.4. The lowest BCUT2D eigenvalue weighted by molar-refractivity contribution is -0.119. The summed E-state index contributed by atoms with van der Waals surface area (Å²) in [5.74, 6) is -1.26. The summed E-state index contributed by atoms with van der Waals surface area (Å²) >= 11 is 0. The molecule has 4 heteroatoms. The molecule has 1 aromatic rings. The molecule has 0 fully saturated rings. The van der Waals surface area contributed by atoms with Gasteiger partial charge in [-0.1, -0.05) is 18.2 Å². The number of amides is 1. The molecule has 1 aliphatic heterocycles. The lowest BCUT2D eigenvalue weighted by Crippen LogP contribution is -2.22. The largest absolute Gasteiger partial charge is 0.503 e. The Balaban J connectivity index is 2.44. The van der Waals surface area contributed by atoms with Crippen LogP contribution in [0.2, 0.25) is 0 Å². The third-order valence-electron chi connectivity index (χ3n) is 2.51. The van der Waals surface area contributed by atoms with E-state index in [1.807, 2.05) is 0 Å². The molecule has 3 nitrogen and oxygen atoms in total. The van der Waals surface area contributed by atoms with Crippen molar-refractivity contribution in [3.8, 4) is 0 Å². The van der Waals surface area contributed by atoms with E-state index in [9.17, 15) is 14.3 Å². The van der Waals surface area contributed by atoms with E-state index in [0.717, 1.165) is 0 Å². The van der Waals surface area contributed by atoms with Gasteiger partial charge in [-0.2, -0.15) is 0 Å². The molecule has 1 unspecified atom stereocenters. The highest BCUT2D eigenvalue weighted by molar-refractivity contribution is 5.95. The van der Waals surface area contributed by atoms with E-state index in [1.165, 1.54) is 6.07 Å². The van der Waals surface area contributed by atoms with Crippen LogP contribution >= 0.6 is 0 Å². The van der Waals surface area contributed by atoms with Crippen molar-refractivity contribution in [2.24, 2.45) is 0 Å². The monoisotopic (exact) mass is 207 g/mol. The van der Waals surface area contributed by atoms with Gasteiger partial charge >= 0.3 is 0 Å². The Morgan fingerprint density at radius 1 is 1.40 bits per heavy atom. The average Bonchev–Trinajstić information content (AvgIpc) is 2.47. The van der Waals surface area contributed by atoms with E-state index in [1.54, 1.807) is 25.1 Å². The van der Waals surface area contributed by atoms with Crippen LogP contribution in [0.25, 0.3) is 0 Å². The summed E-state index contributed by atoms with van der Waals surface area (Å²) in [5.41, 5.74) is 0.817. The first-order valence-corrected chi connectivity index (χ1v) is 4.56. The molecule has 0 radical (unpaired) electrons. The highest BCUT2D eigenvalue weighted by Crippen LogP contribution is 2.29. The second-order valence-corrected chi connectivity index (χ2v) is 3.46. The van der Waals surface area contributed by atoms with Gasteiger partial charge < -0.3 is 10.4 Å². The normalized spacial score (nSPS) is 20.7. The Morgan fingerprint density at radius 3 is 2.60 bits per heavy atom. The summed E-state index contributed by atoms with van der Waals surface area (Å²) in [6, 6.07) is 5.62. The van der Waals surface area contributed by atoms with E-state index in [4.69, 9.17) is 0 Å². The third-order valence-corrected chi connectivity index (χ3v) is 2.51. The van der Waals surface area contributed by atoms with Crippen LogP contribution in [-0.2, 0) is 4.79 Å². The van der Waals surface area contributed by atoms with Crippen molar-refractivity contribution in [1.29, 1.82) is 0 Å². The maximum Gasteiger partial charge on any atom is 0.286 e. The zero-order chi connectivity index (χ0) is 11.0. The van der Waals surface area contributed by atoms with Crippen molar-refractivity contribution in [1.82, 2.24) is 5.32 Å². The van der Waals surface area contributed by atoms with Gasteiger partial charge in [0.1, 0.15) is 5.82 Å². The van der Waals surface area contributed by atoms with E-state index < -0.39 is 17.8 Å². The van der Waals surface area contributed by atoms with Crippen LogP contribution in [-0.4, -0.2) is 11.0 Å². The van der Waals surface area contributed by atoms with Crippen LogP contribution in [0.4, 0.5) is 4.39 Å². The Hall–Kier alpha value is -1.84. The van der Waals surface area contributed by atoms with E-state index in [2.05, 4.69) is 5.32 Å². The van der Waals surface area contributed by atoms with Crippen LogP contribution in [0.15, 0.2) is 35.6 Å². The Kier molecular flexibility index (Phi) is 2.19. The Labute approximate surface area is 86.2 Å². The molecule has 78 valence electrons. The first kappa shape index (κ1) is 9.71. The first-order valence-electron chi connectivity index (χ1n) is 4.56. The molecule has 2 N–H and O–H groups in total. The van der Waals surface area contributed by atoms with Gasteiger partial charge in [-0.05, 0) is 13.0 Å². The van der Waals surface area contributed by atoms with Crippen molar-refractivity contribution in [2.75, 3.05) is 0 Å². The molecule has 1 aromatic carbocycles. The molecule has 0 bridgehead atoms. The highest BCUT2D eigenvalue weighted by Gasteiger charge is 2.30. The summed E-state index contributed by atoms with van der Waals surface area (Å²) in [6.45, 7) is 1.60. The Morgan fingerprint density at radius 2 is 2.07 bits per heavy atom. The number of nitrogens with one attached hydrogen (secondary N) is 1. The quantitative estimate of drug-likeness (QED) is 0.738. The number of carbonyl (C=O) groups excluding carboxylic acids is 1. The lowest BCUT2D eigenvalue weighted by Gasteiger charge is -2.12. The van der Waals surface area contributed by atoms with Gasteiger partial charge in [-0.15, -0.1) is 0 Å². The third kappa shape index (κ3) is 1.48. The highest BCUT2D eigenvalue weighted by atomic mass is 19.1. The van der Waals surface area contributed by atoms with Crippen LogP contribution in [0, 0.1) is 5.82 Å². The fraction of sp³-hybridized carbons (Fsp3) is 0.182. The minimum Gasteiger partial charge on any atom is -0.503 e. The van der Waals surface area contributed by atoms with Crippen LogP contribution in [0.1, 0.15) is 18.5 Å². The number of hydrogen-bond acceptors (Lipinski definition) is 2. The molecule has 0 saturated heterocycles. The van der Waals surface area contributed by atoms with E-state index in [-0.39, 0.29) is 5.76 Å². The zero-order valence-electron chi connectivity index (χ0n) is 8.12. The van der Waals surface area contributed by atoms with Crippen LogP contribution in [0.5, 0.6) is 0 Å². The van der Waals surface area contributed by atoms with Gasteiger partial charge in [0.15, 0.2) is 5.76 Å². The number of aliphatic hydroxyl groups is 1.